The Labute approximate surface area is 138 Å². The molecule has 23 heavy (non-hydrogen) atoms. The second-order valence-electron chi connectivity index (χ2n) is 7.33. The maximum Gasteiger partial charge on any atom is 0.117 e. The van der Waals surface area contributed by atoms with E-state index >= 15 is 0 Å². The van der Waals surface area contributed by atoms with Crippen LogP contribution in [-0.2, 0) is 16.0 Å². The quantitative estimate of drug-likeness (QED) is 0.839. The van der Waals surface area contributed by atoms with E-state index in [-0.39, 0.29) is 5.60 Å². The van der Waals surface area contributed by atoms with E-state index in [0.29, 0.717) is 0 Å². The van der Waals surface area contributed by atoms with Gasteiger partial charge in [0.25, 0.3) is 0 Å². The molecule has 5 nitrogen and oxygen atoms in total. The van der Waals surface area contributed by atoms with Gasteiger partial charge in [-0.1, -0.05) is 0 Å². The van der Waals surface area contributed by atoms with Crippen LogP contribution in [0.4, 0.5) is 0 Å². The fraction of sp³-hybridized carbons (Fsp3) is 0.722. The summed E-state index contributed by atoms with van der Waals surface area (Å²) in [6.07, 6.45) is 6.56. The Morgan fingerprint density at radius 1 is 1.09 bits per heavy atom. The molecule has 2 saturated heterocycles. The average molecular weight is 317 g/mol. The van der Waals surface area contributed by atoms with Crippen molar-refractivity contribution in [2.75, 3.05) is 52.5 Å². The van der Waals surface area contributed by atoms with Crippen LogP contribution in [-0.4, -0.2) is 72.9 Å². The number of aromatic nitrogens is 1. The minimum Gasteiger partial charge on any atom is -0.377 e. The third-order valence-corrected chi connectivity index (χ3v) is 5.13. The highest BCUT2D eigenvalue weighted by atomic mass is 16.5. The molecule has 1 aliphatic carbocycles. The van der Waals surface area contributed by atoms with Crippen molar-refractivity contribution >= 4 is 0 Å². The van der Waals surface area contributed by atoms with Crippen LogP contribution in [0.1, 0.15) is 18.4 Å². The molecule has 0 unspecified atom stereocenters. The van der Waals surface area contributed by atoms with Gasteiger partial charge in [0.05, 0.1) is 19.8 Å². The van der Waals surface area contributed by atoms with Crippen molar-refractivity contribution in [2.45, 2.75) is 25.0 Å². The summed E-state index contributed by atoms with van der Waals surface area (Å²) in [5.74, 6) is 0.935. The van der Waals surface area contributed by atoms with E-state index in [0.717, 1.165) is 58.5 Å². The lowest BCUT2D eigenvalue weighted by Gasteiger charge is -2.43. The lowest BCUT2D eigenvalue weighted by molar-refractivity contribution is -0.142. The van der Waals surface area contributed by atoms with Gasteiger partial charge in [-0.2, -0.15) is 0 Å². The third kappa shape index (κ3) is 4.10. The number of nitrogens with zero attached hydrogens (tertiary/aromatic N) is 3. The fourth-order valence-corrected chi connectivity index (χ4v) is 3.79. The molecule has 1 saturated carbocycles. The van der Waals surface area contributed by atoms with Gasteiger partial charge in [0.15, 0.2) is 0 Å². The molecular weight excluding hydrogens is 290 g/mol. The standard InChI is InChI=1S/C18H27N3O2/c1-2-16(1)11-21-8-10-23-18(14-21)13-20(7-9-22-15-18)12-17-3-5-19-6-4-17/h3-6,16H,1-2,7-15H2/t18-/m1/s1. The summed E-state index contributed by atoms with van der Waals surface area (Å²) in [7, 11) is 0. The molecule has 0 radical (unpaired) electrons. The average Bonchev–Trinajstić information content (AvgIpc) is 3.38. The predicted octanol–water partition coefficient (Wildman–Crippen LogP) is 1.39. The van der Waals surface area contributed by atoms with Crippen LogP contribution in [0.2, 0.25) is 0 Å². The number of morpholine rings is 1. The van der Waals surface area contributed by atoms with Gasteiger partial charge in [-0.15, -0.1) is 0 Å². The summed E-state index contributed by atoms with van der Waals surface area (Å²) in [5.41, 5.74) is 1.15. The summed E-state index contributed by atoms with van der Waals surface area (Å²) < 4.78 is 12.2. The van der Waals surface area contributed by atoms with E-state index in [9.17, 15) is 0 Å². The molecule has 3 fully saturated rings. The summed E-state index contributed by atoms with van der Waals surface area (Å²) in [6, 6.07) is 4.19. The number of rotatable bonds is 4. The van der Waals surface area contributed by atoms with E-state index in [1.165, 1.54) is 24.9 Å². The molecule has 1 aromatic heterocycles. The van der Waals surface area contributed by atoms with E-state index in [4.69, 9.17) is 9.47 Å². The minimum absolute atomic E-state index is 0.156. The molecule has 4 rings (SSSR count). The zero-order valence-electron chi connectivity index (χ0n) is 13.8. The lowest BCUT2D eigenvalue weighted by atomic mass is 10.0. The number of hydrogen-bond acceptors (Lipinski definition) is 5. The van der Waals surface area contributed by atoms with Gasteiger partial charge >= 0.3 is 0 Å². The normalized spacial score (nSPS) is 30.4. The van der Waals surface area contributed by atoms with E-state index in [1.807, 2.05) is 12.4 Å². The Morgan fingerprint density at radius 3 is 2.70 bits per heavy atom. The van der Waals surface area contributed by atoms with Gasteiger partial charge in [0.1, 0.15) is 5.60 Å². The Balaban J connectivity index is 1.42. The van der Waals surface area contributed by atoms with Crippen molar-refractivity contribution in [3.05, 3.63) is 30.1 Å². The van der Waals surface area contributed by atoms with Gasteiger partial charge in [0.2, 0.25) is 0 Å². The maximum absolute atomic E-state index is 6.27. The molecule has 2 aliphatic heterocycles. The van der Waals surface area contributed by atoms with Crippen LogP contribution in [0.5, 0.6) is 0 Å². The third-order valence-electron chi connectivity index (χ3n) is 5.13. The Bertz CT molecular complexity index is 508. The van der Waals surface area contributed by atoms with Gasteiger partial charge in [-0.25, -0.2) is 0 Å². The Hall–Kier alpha value is -1.01. The summed E-state index contributed by atoms with van der Waals surface area (Å²) in [5, 5.41) is 0. The molecule has 126 valence electrons. The van der Waals surface area contributed by atoms with Crippen LogP contribution in [0, 0.1) is 5.92 Å². The van der Waals surface area contributed by atoms with Crippen molar-refractivity contribution in [1.29, 1.82) is 0 Å². The first-order chi connectivity index (χ1) is 11.3. The number of hydrogen-bond donors (Lipinski definition) is 0. The van der Waals surface area contributed by atoms with E-state index in [2.05, 4.69) is 26.9 Å². The van der Waals surface area contributed by atoms with Crippen molar-refractivity contribution in [2.24, 2.45) is 5.92 Å². The molecule has 0 amide bonds. The molecule has 0 aromatic carbocycles. The Kier molecular flexibility index (Phi) is 4.62. The van der Waals surface area contributed by atoms with Crippen molar-refractivity contribution in [3.8, 4) is 0 Å². The van der Waals surface area contributed by atoms with Crippen LogP contribution in [0.3, 0.4) is 0 Å². The molecule has 3 heterocycles. The predicted molar refractivity (Wildman–Crippen MR) is 88.2 cm³/mol. The van der Waals surface area contributed by atoms with Crippen molar-refractivity contribution in [3.63, 3.8) is 0 Å². The van der Waals surface area contributed by atoms with Crippen molar-refractivity contribution in [1.82, 2.24) is 14.8 Å². The molecule has 1 aromatic rings. The minimum atomic E-state index is -0.156. The summed E-state index contributed by atoms with van der Waals surface area (Å²) in [4.78, 5) is 9.18. The lowest BCUT2D eigenvalue weighted by Crippen LogP contribution is -2.58. The Morgan fingerprint density at radius 2 is 1.87 bits per heavy atom. The smallest absolute Gasteiger partial charge is 0.117 e. The zero-order valence-corrected chi connectivity index (χ0v) is 13.8. The van der Waals surface area contributed by atoms with Gasteiger partial charge in [0, 0.05) is 51.7 Å². The number of pyridine rings is 1. The molecule has 0 bridgehead atoms. The molecule has 1 spiro atoms. The first kappa shape index (κ1) is 15.5. The molecule has 1 atom stereocenters. The van der Waals surface area contributed by atoms with Crippen LogP contribution < -0.4 is 0 Å². The molecule has 0 N–H and O–H groups in total. The first-order valence-electron chi connectivity index (χ1n) is 8.87. The molecule has 5 heteroatoms. The maximum atomic E-state index is 6.27. The van der Waals surface area contributed by atoms with Crippen LogP contribution in [0.15, 0.2) is 24.5 Å². The van der Waals surface area contributed by atoms with Gasteiger partial charge in [-0.05, 0) is 36.5 Å². The van der Waals surface area contributed by atoms with E-state index in [1.54, 1.807) is 0 Å². The highest BCUT2D eigenvalue weighted by Crippen LogP contribution is 2.32. The van der Waals surface area contributed by atoms with Crippen LogP contribution >= 0.6 is 0 Å². The van der Waals surface area contributed by atoms with Gasteiger partial charge in [-0.3, -0.25) is 14.8 Å². The number of ether oxygens (including phenoxy) is 2. The largest absolute Gasteiger partial charge is 0.377 e. The zero-order chi connectivity index (χ0) is 15.5. The summed E-state index contributed by atoms with van der Waals surface area (Å²) in [6.45, 7) is 8.54. The van der Waals surface area contributed by atoms with Crippen molar-refractivity contribution < 1.29 is 9.47 Å². The highest BCUT2D eigenvalue weighted by molar-refractivity contribution is 5.10. The summed E-state index contributed by atoms with van der Waals surface area (Å²) >= 11 is 0. The highest BCUT2D eigenvalue weighted by Gasteiger charge is 2.41. The monoisotopic (exact) mass is 317 g/mol. The molecular formula is C18H27N3O2. The van der Waals surface area contributed by atoms with Gasteiger partial charge < -0.3 is 9.47 Å². The van der Waals surface area contributed by atoms with E-state index < -0.39 is 0 Å². The fourth-order valence-electron chi connectivity index (χ4n) is 3.79. The second-order valence-corrected chi connectivity index (χ2v) is 7.33. The molecule has 3 aliphatic rings. The SMILES string of the molecule is c1cc(CN2CCOC[C@@]3(C2)CN(CC2CC2)CCO3)ccn1. The van der Waals surface area contributed by atoms with Crippen LogP contribution in [0.25, 0.3) is 0 Å². The second kappa shape index (κ2) is 6.85. The topological polar surface area (TPSA) is 37.8 Å². The first-order valence-corrected chi connectivity index (χ1v) is 8.87.